The minimum atomic E-state index is -0.220. The van der Waals surface area contributed by atoms with E-state index >= 15 is 0 Å². The number of pyridine rings is 1. The highest BCUT2D eigenvalue weighted by Crippen LogP contribution is 2.20. The second-order valence-electron chi connectivity index (χ2n) is 4.77. The first-order valence-electron chi connectivity index (χ1n) is 6.51. The molecular weight excluding hydrogens is 332 g/mol. The predicted octanol–water partition coefficient (Wildman–Crippen LogP) is 2.93. The molecule has 1 amide bonds. The van der Waals surface area contributed by atoms with Gasteiger partial charge in [0.1, 0.15) is 0 Å². The summed E-state index contributed by atoms with van der Waals surface area (Å²) in [5.41, 5.74) is 5.31. The lowest BCUT2D eigenvalue weighted by atomic mass is 10.1. The van der Waals surface area contributed by atoms with E-state index in [0.717, 1.165) is 15.7 Å². The Kier molecular flexibility index (Phi) is 4.93. The summed E-state index contributed by atoms with van der Waals surface area (Å²) in [5, 5.41) is 2.94. The molecule has 6 heteroatoms. The molecule has 0 fully saturated rings. The van der Waals surface area contributed by atoms with Gasteiger partial charge in [-0.3, -0.25) is 15.6 Å². The number of anilines is 1. The number of amides is 1. The monoisotopic (exact) mass is 348 g/mol. The van der Waals surface area contributed by atoms with Crippen molar-refractivity contribution in [1.29, 1.82) is 0 Å². The number of carbonyl (C=O) groups is 1. The van der Waals surface area contributed by atoms with Gasteiger partial charge in [0.25, 0.3) is 5.91 Å². The highest BCUT2D eigenvalue weighted by molar-refractivity contribution is 9.10. The molecule has 21 heavy (non-hydrogen) atoms. The predicted molar refractivity (Wildman–Crippen MR) is 86.8 cm³/mol. The zero-order valence-corrected chi connectivity index (χ0v) is 13.4. The fourth-order valence-corrected chi connectivity index (χ4v) is 2.41. The topological polar surface area (TPSA) is 80.0 Å². The maximum absolute atomic E-state index is 12.3. The van der Waals surface area contributed by atoms with Crippen molar-refractivity contribution in [2.45, 2.75) is 19.9 Å². The lowest BCUT2D eigenvalue weighted by Crippen LogP contribution is -2.28. The number of rotatable bonds is 4. The number of nitrogens with two attached hydrogens (primary N) is 1. The van der Waals surface area contributed by atoms with Gasteiger partial charge in [-0.05, 0) is 37.6 Å². The number of halogens is 1. The SMILES string of the molecule is Cc1cc(NN)c(C(=O)NC(C)c2cccc(Br)c2)cn1. The molecule has 0 aliphatic carbocycles. The molecule has 0 bridgehead atoms. The van der Waals surface area contributed by atoms with E-state index < -0.39 is 0 Å². The van der Waals surface area contributed by atoms with Crippen LogP contribution in [0.2, 0.25) is 0 Å². The standard InChI is InChI=1S/C15H17BrN4O/c1-9-6-14(20-17)13(8-18-9)15(21)19-10(2)11-4-3-5-12(16)7-11/h3-8,10H,17H2,1-2H3,(H,18,20)(H,19,21). The second-order valence-corrected chi connectivity index (χ2v) is 5.68. The van der Waals surface area contributed by atoms with E-state index in [1.54, 1.807) is 6.07 Å². The molecule has 2 rings (SSSR count). The maximum Gasteiger partial charge on any atom is 0.255 e. The molecule has 1 aromatic heterocycles. The summed E-state index contributed by atoms with van der Waals surface area (Å²) < 4.78 is 0.974. The van der Waals surface area contributed by atoms with Crippen molar-refractivity contribution in [2.75, 3.05) is 5.43 Å². The number of benzene rings is 1. The van der Waals surface area contributed by atoms with E-state index in [-0.39, 0.29) is 11.9 Å². The van der Waals surface area contributed by atoms with Crippen LogP contribution in [0.1, 0.15) is 34.6 Å². The van der Waals surface area contributed by atoms with Gasteiger partial charge in [0.15, 0.2) is 0 Å². The van der Waals surface area contributed by atoms with Crippen molar-refractivity contribution >= 4 is 27.5 Å². The summed E-state index contributed by atoms with van der Waals surface area (Å²) >= 11 is 3.42. The average Bonchev–Trinajstić information content (AvgIpc) is 2.46. The van der Waals surface area contributed by atoms with E-state index in [2.05, 4.69) is 31.7 Å². The summed E-state index contributed by atoms with van der Waals surface area (Å²) in [4.78, 5) is 16.5. The zero-order valence-electron chi connectivity index (χ0n) is 11.9. The van der Waals surface area contributed by atoms with E-state index in [9.17, 15) is 4.79 Å². The van der Waals surface area contributed by atoms with Crippen LogP contribution in [0.3, 0.4) is 0 Å². The van der Waals surface area contributed by atoms with Crippen LogP contribution in [0.25, 0.3) is 0 Å². The van der Waals surface area contributed by atoms with Crippen LogP contribution in [0.5, 0.6) is 0 Å². The largest absolute Gasteiger partial charge is 0.345 e. The molecule has 5 nitrogen and oxygen atoms in total. The molecule has 110 valence electrons. The van der Waals surface area contributed by atoms with Gasteiger partial charge < -0.3 is 10.7 Å². The van der Waals surface area contributed by atoms with Gasteiger partial charge in [-0.25, -0.2) is 0 Å². The Bertz CT molecular complexity index is 660. The van der Waals surface area contributed by atoms with Gasteiger partial charge in [-0.1, -0.05) is 28.1 Å². The lowest BCUT2D eigenvalue weighted by molar-refractivity contribution is 0.0940. The fraction of sp³-hybridized carbons (Fsp3) is 0.200. The number of nitrogens with zero attached hydrogens (tertiary/aromatic N) is 1. The molecule has 0 spiro atoms. The third-order valence-corrected chi connectivity index (χ3v) is 3.63. The van der Waals surface area contributed by atoms with Gasteiger partial charge >= 0.3 is 0 Å². The fourth-order valence-electron chi connectivity index (χ4n) is 1.99. The molecule has 1 atom stereocenters. The van der Waals surface area contributed by atoms with Crippen LogP contribution in [-0.4, -0.2) is 10.9 Å². The van der Waals surface area contributed by atoms with E-state index in [4.69, 9.17) is 5.84 Å². The first kappa shape index (κ1) is 15.5. The third-order valence-electron chi connectivity index (χ3n) is 3.14. The second kappa shape index (κ2) is 6.69. The minimum Gasteiger partial charge on any atom is -0.345 e. The van der Waals surface area contributed by atoms with Gasteiger partial charge in [-0.2, -0.15) is 0 Å². The quantitative estimate of drug-likeness (QED) is 0.586. The maximum atomic E-state index is 12.3. The Labute approximate surface area is 132 Å². The number of aromatic nitrogens is 1. The molecule has 0 saturated heterocycles. The Morgan fingerprint density at radius 3 is 2.81 bits per heavy atom. The van der Waals surface area contributed by atoms with Crippen molar-refractivity contribution in [3.63, 3.8) is 0 Å². The third kappa shape index (κ3) is 3.80. The summed E-state index contributed by atoms with van der Waals surface area (Å²) in [6.45, 7) is 3.77. The summed E-state index contributed by atoms with van der Waals surface area (Å²) in [7, 11) is 0. The Hall–Kier alpha value is -1.92. The molecular formula is C15H17BrN4O. The van der Waals surface area contributed by atoms with Crippen molar-refractivity contribution in [2.24, 2.45) is 5.84 Å². The van der Waals surface area contributed by atoms with Crippen LogP contribution in [-0.2, 0) is 0 Å². The van der Waals surface area contributed by atoms with E-state index in [1.165, 1.54) is 6.20 Å². The number of hydrogen-bond donors (Lipinski definition) is 3. The molecule has 1 unspecified atom stereocenters. The number of hydrazine groups is 1. The average molecular weight is 349 g/mol. The summed E-state index contributed by atoms with van der Waals surface area (Å²) in [6.07, 6.45) is 1.52. The molecule has 0 saturated carbocycles. The van der Waals surface area contributed by atoms with Crippen LogP contribution >= 0.6 is 15.9 Å². The van der Waals surface area contributed by atoms with Crippen LogP contribution in [0.4, 0.5) is 5.69 Å². The van der Waals surface area contributed by atoms with Crippen molar-refractivity contribution < 1.29 is 4.79 Å². The van der Waals surface area contributed by atoms with Gasteiger partial charge in [-0.15, -0.1) is 0 Å². The van der Waals surface area contributed by atoms with E-state index in [1.807, 2.05) is 38.1 Å². The molecule has 0 radical (unpaired) electrons. The van der Waals surface area contributed by atoms with Gasteiger partial charge in [0.05, 0.1) is 17.3 Å². The smallest absolute Gasteiger partial charge is 0.255 e. The summed E-state index contributed by atoms with van der Waals surface area (Å²) in [6, 6.07) is 9.42. The van der Waals surface area contributed by atoms with E-state index in [0.29, 0.717) is 11.3 Å². The molecule has 1 heterocycles. The molecule has 2 aromatic rings. The van der Waals surface area contributed by atoms with Crippen molar-refractivity contribution in [1.82, 2.24) is 10.3 Å². The molecule has 0 aliphatic rings. The Morgan fingerprint density at radius 2 is 2.14 bits per heavy atom. The lowest BCUT2D eigenvalue weighted by Gasteiger charge is -2.16. The zero-order chi connectivity index (χ0) is 15.4. The first-order chi connectivity index (χ1) is 10.0. The van der Waals surface area contributed by atoms with Gasteiger partial charge in [0, 0.05) is 16.4 Å². The first-order valence-corrected chi connectivity index (χ1v) is 7.30. The minimum absolute atomic E-state index is 0.123. The Morgan fingerprint density at radius 1 is 1.38 bits per heavy atom. The normalized spacial score (nSPS) is 11.8. The van der Waals surface area contributed by atoms with Crippen LogP contribution in [0.15, 0.2) is 41.0 Å². The Balaban J connectivity index is 2.18. The molecule has 4 N–H and O–H groups in total. The molecule has 0 aliphatic heterocycles. The number of aryl methyl sites for hydroxylation is 1. The highest BCUT2D eigenvalue weighted by atomic mass is 79.9. The molecule has 1 aromatic carbocycles. The number of carbonyl (C=O) groups excluding carboxylic acids is 1. The summed E-state index contributed by atoms with van der Waals surface area (Å²) in [5.74, 6) is 5.24. The van der Waals surface area contributed by atoms with Crippen LogP contribution < -0.4 is 16.6 Å². The van der Waals surface area contributed by atoms with Crippen molar-refractivity contribution in [3.8, 4) is 0 Å². The number of nitrogen functional groups attached to an aromatic ring is 1. The van der Waals surface area contributed by atoms with Crippen LogP contribution in [0, 0.1) is 6.92 Å². The van der Waals surface area contributed by atoms with Crippen molar-refractivity contribution in [3.05, 3.63) is 57.8 Å². The van der Waals surface area contributed by atoms with Gasteiger partial charge in [0.2, 0.25) is 0 Å². The highest BCUT2D eigenvalue weighted by Gasteiger charge is 2.15. The number of hydrogen-bond acceptors (Lipinski definition) is 4. The number of nitrogens with one attached hydrogen (secondary N) is 2.